The Morgan fingerprint density at radius 2 is 1.62 bits per heavy atom. The topological polar surface area (TPSA) is 25.2 Å². The molecule has 1 aliphatic rings. The lowest BCUT2D eigenvalue weighted by Gasteiger charge is -2.33. The average Bonchev–Trinajstić information content (AvgIpc) is 3.20. The van der Waals surface area contributed by atoms with E-state index < -0.39 is 0 Å². The lowest BCUT2D eigenvalue weighted by molar-refractivity contribution is -0.132. The first-order chi connectivity index (χ1) is 16.6. The first-order valence-corrected chi connectivity index (χ1v) is 12.2. The minimum absolute atomic E-state index is 0.110. The third-order valence-corrected chi connectivity index (χ3v) is 7.29. The first-order valence-electron chi connectivity index (χ1n) is 12.2. The molecule has 1 fully saturated rings. The highest BCUT2D eigenvalue weighted by atomic mass is 19.1. The third kappa shape index (κ3) is 4.77. The Morgan fingerprint density at radius 1 is 0.941 bits per heavy atom. The Hall–Kier alpha value is -3.40. The molecule has 3 nitrogen and oxygen atoms in total. The van der Waals surface area contributed by atoms with Crippen LogP contribution < -0.4 is 0 Å². The quantitative estimate of drug-likeness (QED) is 0.335. The van der Waals surface area contributed by atoms with Crippen molar-refractivity contribution >= 4 is 16.8 Å². The fraction of sp³-hybridized carbons (Fsp3) is 0.300. The van der Waals surface area contributed by atoms with Gasteiger partial charge in [-0.05, 0) is 60.1 Å². The molecule has 0 bridgehead atoms. The van der Waals surface area contributed by atoms with Crippen LogP contribution >= 0.6 is 0 Å². The number of hydrogen-bond donors (Lipinski definition) is 0. The van der Waals surface area contributed by atoms with Crippen molar-refractivity contribution in [1.29, 1.82) is 0 Å². The number of fused-ring (bicyclic) bond motifs is 1. The summed E-state index contributed by atoms with van der Waals surface area (Å²) in [5.41, 5.74) is 4.61. The van der Waals surface area contributed by atoms with Gasteiger partial charge in [-0.15, -0.1) is 0 Å². The molecule has 1 atom stereocenters. The van der Waals surface area contributed by atoms with E-state index >= 15 is 0 Å². The highest BCUT2D eigenvalue weighted by molar-refractivity contribution is 5.86. The maximum atomic E-state index is 13.7. The van der Waals surface area contributed by atoms with Crippen molar-refractivity contribution in [2.45, 2.75) is 31.6 Å². The first kappa shape index (κ1) is 22.4. The summed E-state index contributed by atoms with van der Waals surface area (Å²) in [6, 6.07) is 25.5. The Morgan fingerprint density at radius 3 is 2.35 bits per heavy atom. The van der Waals surface area contributed by atoms with Crippen molar-refractivity contribution in [3.05, 3.63) is 108 Å². The van der Waals surface area contributed by atoms with Crippen LogP contribution in [-0.2, 0) is 18.3 Å². The number of para-hydroxylation sites is 1. The maximum absolute atomic E-state index is 13.7. The maximum Gasteiger partial charge on any atom is 0.223 e. The van der Waals surface area contributed by atoms with E-state index in [-0.39, 0.29) is 17.6 Å². The summed E-state index contributed by atoms with van der Waals surface area (Å²) < 4.78 is 15.8. The van der Waals surface area contributed by atoms with Crippen LogP contribution in [0, 0.1) is 11.7 Å². The van der Waals surface area contributed by atoms with Crippen molar-refractivity contribution in [3.8, 4) is 0 Å². The van der Waals surface area contributed by atoms with Gasteiger partial charge in [-0.25, -0.2) is 4.39 Å². The summed E-state index contributed by atoms with van der Waals surface area (Å²) in [6.45, 7) is 1.62. The van der Waals surface area contributed by atoms with E-state index in [0.29, 0.717) is 12.3 Å². The Bertz CT molecular complexity index is 1250. The van der Waals surface area contributed by atoms with Crippen LogP contribution in [0.3, 0.4) is 0 Å². The zero-order valence-corrected chi connectivity index (χ0v) is 19.7. The molecule has 5 rings (SSSR count). The summed E-state index contributed by atoms with van der Waals surface area (Å²) in [4.78, 5) is 15.5. The summed E-state index contributed by atoms with van der Waals surface area (Å²) in [5, 5.41) is 1.15. The van der Waals surface area contributed by atoms with Crippen molar-refractivity contribution in [3.63, 3.8) is 0 Å². The molecule has 4 heteroatoms. The second-order valence-electron chi connectivity index (χ2n) is 9.53. The molecule has 0 radical (unpaired) electrons. The molecular formula is C30H31FN2O. The number of piperidine rings is 1. The monoisotopic (exact) mass is 454 g/mol. The smallest absolute Gasteiger partial charge is 0.223 e. The van der Waals surface area contributed by atoms with Gasteiger partial charge in [-0.1, -0.05) is 60.7 Å². The van der Waals surface area contributed by atoms with Gasteiger partial charge in [0.25, 0.3) is 0 Å². The van der Waals surface area contributed by atoms with Crippen LogP contribution in [0.15, 0.2) is 85.1 Å². The van der Waals surface area contributed by atoms with Gasteiger partial charge >= 0.3 is 0 Å². The zero-order chi connectivity index (χ0) is 23.5. The highest BCUT2D eigenvalue weighted by Gasteiger charge is 2.28. The van der Waals surface area contributed by atoms with Gasteiger partial charge in [0.05, 0.1) is 0 Å². The van der Waals surface area contributed by atoms with Gasteiger partial charge in [0.15, 0.2) is 0 Å². The number of aryl methyl sites for hydroxylation is 1. The van der Waals surface area contributed by atoms with E-state index in [1.54, 1.807) is 0 Å². The minimum atomic E-state index is -0.257. The van der Waals surface area contributed by atoms with E-state index in [9.17, 15) is 9.18 Å². The fourth-order valence-corrected chi connectivity index (χ4v) is 5.39. The van der Waals surface area contributed by atoms with Crippen molar-refractivity contribution in [2.75, 3.05) is 13.1 Å². The lowest BCUT2D eigenvalue weighted by atomic mass is 9.86. The molecule has 3 aromatic carbocycles. The zero-order valence-electron chi connectivity index (χ0n) is 19.7. The molecular weight excluding hydrogens is 423 g/mol. The lowest BCUT2D eigenvalue weighted by Crippen LogP contribution is -2.39. The Kier molecular flexibility index (Phi) is 6.48. The molecule has 0 aliphatic carbocycles. The molecule has 1 aliphatic heterocycles. The van der Waals surface area contributed by atoms with Gasteiger partial charge in [-0.3, -0.25) is 4.79 Å². The molecule has 1 saturated heterocycles. The minimum Gasteiger partial charge on any atom is -0.350 e. The predicted molar refractivity (Wildman–Crippen MR) is 135 cm³/mol. The number of carbonyl (C=O) groups excluding carboxylic acids is 1. The van der Waals surface area contributed by atoms with Gasteiger partial charge in [-0.2, -0.15) is 0 Å². The number of amides is 1. The molecule has 174 valence electrons. The Balaban J connectivity index is 1.34. The van der Waals surface area contributed by atoms with E-state index in [0.717, 1.165) is 54.4 Å². The Labute approximate surface area is 200 Å². The van der Waals surface area contributed by atoms with E-state index in [1.165, 1.54) is 17.7 Å². The van der Waals surface area contributed by atoms with E-state index in [1.807, 2.05) is 36.2 Å². The molecule has 2 heterocycles. The number of nitrogens with zero attached hydrogens (tertiary/aromatic N) is 2. The number of likely N-dealkylation sites (tertiary alicyclic amines) is 1. The van der Waals surface area contributed by atoms with E-state index in [4.69, 9.17) is 0 Å². The molecule has 34 heavy (non-hydrogen) atoms. The number of carbonyl (C=O) groups is 1. The average molecular weight is 455 g/mol. The van der Waals surface area contributed by atoms with Gasteiger partial charge in [0.1, 0.15) is 5.82 Å². The van der Waals surface area contributed by atoms with Crippen LogP contribution in [0.4, 0.5) is 4.39 Å². The van der Waals surface area contributed by atoms with Crippen molar-refractivity contribution in [1.82, 2.24) is 9.47 Å². The fourth-order valence-electron chi connectivity index (χ4n) is 5.39. The number of benzene rings is 3. The summed E-state index contributed by atoms with van der Waals surface area (Å²) >= 11 is 0. The molecule has 4 aromatic rings. The van der Waals surface area contributed by atoms with Gasteiger partial charge in [0.2, 0.25) is 5.91 Å². The van der Waals surface area contributed by atoms with Crippen LogP contribution in [0.1, 0.15) is 41.9 Å². The third-order valence-electron chi connectivity index (χ3n) is 7.29. The molecule has 0 N–H and O–H groups in total. The van der Waals surface area contributed by atoms with Crippen molar-refractivity contribution < 1.29 is 9.18 Å². The molecule has 1 aromatic heterocycles. The second-order valence-corrected chi connectivity index (χ2v) is 9.53. The number of hydrogen-bond acceptors (Lipinski definition) is 1. The predicted octanol–water partition coefficient (Wildman–Crippen LogP) is 6.32. The largest absolute Gasteiger partial charge is 0.350 e. The SMILES string of the molecule is Cn1cc(C(CC(=O)N2CCC(Cc3ccccc3)CC2)c2ccc(F)cc2)c2ccccc21. The standard InChI is InChI=1S/C30H31FN2O/c1-32-21-28(26-9-5-6-10-29(26)32)27(24-11-13-25(31)14-12-24)20-30(34)33-17-15-23(16-18-33)19-22-7-3-2-4-8-22/h2-14,21,23,27H,15-20H2,1H3. The molecule has 1 unspecified atom stereocenters. The van der Waals surface area contributed by atoms with E-state index in [2.05, 4.69) is 53.2 Å². The summed E-state index contributed by atoms with van der Waals surface area (Å²) in [6.07, 6.45) is 5.67. The van der Waals surface area contributed by atoms with Gasteiger partial charge in [0, 0.05) is 49.6 Å². The number of rotatable bonds is 6. The second kappa shape index (κ2) is 9.84. The highest BCUT2D eigenvalue weighted by Crippen LogP contribution is 2.35. The summed E-state index contributed by atoms with van der Waals surface area (Å²) in [7, 11) is 2.03. The van der Waals surface area contributed by atoms with Crippen LogP contribution in [0.25, 0.3) is 10.9 Å². The van der Waals surface area contributed by atoms with Gasteiger partial charge < -0.3 is 9.47 Å². The molecule has 0 saturated carbocycles. The number of aromatic nitrogens is 1. The summed E-state index contributed by atoms with van der Waals surface area (Å²) in [5.74, 6) is 0.436. The normalized spacial score (nSPS) is 15.5. The van der Waals surface area contributed by atoms with Crippen LogP contribution in [0.2, 0.25) is 0 Å². The molecule has 1 amide bonds. The molecule has 0 spiro atoms. The van der Waals surface area contributed by atoms with Crippen LogP contribution in [-0.4, -0.2) is 28.5 Å². The van der Waals surface area contributed by atoms with Crippen LogP contribution in [0.5, 0.6) is 0 Å². The van der Waals surface area contributed by atoms with Crippen molar-refractivity contribution in [2.24, 2.45) is 13.0 Å². The number of halogens is 1.